The highest BCUT2D eigenvalue weighted by atomic mass is 32.1. The van der Waals surface area contributed by atoms with Crippen molar-refractivity contribution in [3.63, 3.8) is 0 Å². The number of hydrogen-bond acceptors (Lipinski definition) is 5. The fourth-order valence-corrected chi connectivity index (χ4v) is 3.42. The van der Waals surface area contributed by atoms with Gasteiger partial charge in [0.05, 0.1) is 17.5 Å². The summed E-state index contributed by atoms with van der Waals surface area (Å²) < 4.78 is 6.34. The molecule has 0 fully saturated rings. The summed E-state index contributed by atoms with van der Waals surface area (Å²) in [5, 5.41) is 9.02. The van der Waals surface area contributed by atoms with Crippen LogP contribution < -0.4 is 11.1 Å². The number of aromatic nitrogens is 2. The van der Waals surface area contributed by atoms with Crippen LogP contribution in [0.2, 0.25) is 0 Å². The average molecular weight is 371 g/mol. The number of amides is 1. The topological polar surface area (TPSA) is 77.1 Å². The maximum Gasteiger partial charge on any atom is 0.437 e. The highest BCUT2D eigenvalue weighted by Crippen LogP contribution is 2.21. The summed E-state index contributed by atoms with van der Waals surface area (Å²) in [5.74, 6) is -0.399. The number of nitrogens with zero attached hydrogens (tertiary/aromatic N) is 2. The number of hydrogen-bond donors (Lipinski definition) is 1. The minimum absolute atomic E-state index is 0.0990. The molecule has 1 amide bonds. The van der Waals surface area contributed by atoms with Crippen LogP contribution in [0.15, 0.2) is 44.9 Å². The molecule has 2 heterocycles. The molecule has 3 aromatic rings. The van der Waals surface area contributed by atoms with Crippen LogP contribution in [-0.2, 0) is 11.3 Å². The maximum absolute atomic E-state index is 12.3. The molecule has 26 heavy (non-hydrogen) atoms. The Hall–Kier alpha value is -2.67. The van der Waals surface area contributed by atoms with Crippen molar-refractivity contribution in [2.75, 3.05) is 0 Å². The molecule has 1 atom stereocenters. The Kier molecular flexibility index (Phi) is 5.37. The van der Waals surface area contributed by atoms with E-state index in [4.69, 9.17) is 4.42 Å². The first-order chi connectivity index (χ1) is 12.4. The van der Waals surface area contributed by atoms with Crippen molar-refractivity contribution >= 4 is 17.2 Å². The van der Waals surface area contributed by atoms with Crippen molar-refractivity contribution in [3.05, 3.63) is 63.0 Å². The van der Waals surface area contributed by atoms with E-state index in [0.29, 0.717) is 0 Å². The molecule has 0 unspecified atom stereocenters. The van der Waals surface area contributed by atoms with Gasteiger partial charge in [-0.1, -0.05) is 29.8 Å². The van der Waals surface area contributed by atoms with Crippen LogP contribution in [0.4, 0.5) is 0 Å². The van der Waals surface area contributed by atoms with Crippen molar-refractivity contribution in [2.45, 2.75) is 39.8 Å². The average Bonchev–Trinajstić information content (AvgIpc) is 3.24. The van der Waals surface area contributed by atoms with Crippen LogP contribution >= 0.6 is 11.3 Å². The summed E-state index contributed by atoms with van der Waals surface area (Å²) in [4.78, 5) is 24.9. The molecule has 0 spiro atoms. The van der Waals surface area contributed by atoms with Gasteiger partial charge in [-0.2, -0.15) is 4.68 Å². The van der Waals surface area contributed by atoms with Gasteiger partial charge >= 0.3 is 5.76 Å². The summed E-state index contributed by atoms with van der Waals surface area (Å²) in [5.41, 5.74) is 3.38. The Morgan fingerprint density at radius 2 is 2.15 bits per heavy atom. The second kappa shape index (κ2) is 7.70. The van der Waals surface area contributed by atoms with E-state index in [1.165, 1.54) is 16.0 Å². The number of nitrogens with one attached hydrogen (secondary N) is 1. The molecule has 1 N–H and O–H groups in total. The zero-order valence-electron chi connectivity index (χ0n) is 15.0. The second-order valence-electron chi connectivity index (χ2n) is 6.27. The lowest BCUT2D eigenvalue weighted by Gasteiger charge is -2.17. The minimum atomic E-state index is -0.552. The first kappa shape index (κ1) is 18.1. The summed E-state index contributed by atoms with van der Waals surface area (Å²) in [6, 6.07) is 9.78. The van der Waals surface area contributed by atoms with Crippen LogP contribution in [-0.4, -0.2) is 15.7 Å². The summed E-state index contributed by atoms with van der Waals surface area (Å²) >= 11 is 1.44. The predicted molar refractivity (Wildman–Crippen MR) is 101 cm³/mol. The lowest BCUT2D eigenvalue weighted by molar-refractivity contribution is -0.122. The highest BCUT2D eigenvalue weighted by molar-refractivity contribution is 7.13. The van der Waals surface area contributed by atoms with E-state index in [0.717, 1.165) is 21.6 Å². The number of rotatable bonds is 6. The quantitative estimate of drug-likeness (QED) is 0.720. The first-order valence-electron chi connectivity index (χ1n) is 8.42. The van der Waals surface area contributed by atoms with Gasteiger partial charge in [0.1, 0.15) is 0 Å². The standard InChI is InChI=1S/C19H21N3O3S/c1-12-6-7-13(2)15(11-12)14(3)20-17(23)8-9-22-19(24)25-18(21-22)16-5-4-10-26-16/h4-7,10-11,14H,8-9H2,1-3H3,(H,20,23)/t14-/m1/s1. The van der Waals surface area contributed by atoms with Crippen molar-refractivity contribution in [1.82, 2.24) is 15.1 Å². The minimum Gasteiger partial charge on any atom is -0.387 e. The normalized spacial score (nSPS) is 12.1. The predicted octanol–water partition coefficient (Wildman–Crippen LogP) is 3.45. The summed E-state index contributed by atoms with van der Waals surface area (Å²) in [6.45, 7) is 6.19. The molecule has 0 bridgehead atoms. The van der Waals surface area contributed by atoms with E-state index in [1.54, 1.807) is 0 Å². The molecule has 0 radical (unpaired) electrons. The molecule has 7 heteroatoms. The van der Waals surface area contributed by atoms with Gasteiger partial charge in [-0.3, -0.25) is 4.79 Å². The summed E-state index contributed by atoms with van der Waals surface area (Å²) in [6.07, 6.45) is 0.158. The van der Waals surface area contributed by atoms with E-state index < -0.39 is 5.76 Å². The Labute approximate surface area is 155 Å². The number of thiophene rings is 1. The zero-order chi connectivity index (χ0) is 18.7. The molecule has 6 nitrogen and oxygen atoms in total. The lowest BCUT2D eigenvalue weighted by Crippen LogP contribution is -2.29. The van der Waals surface area contributed by atoms with Gasteiger partial charge in [-0.15, -0.1) is 16.4 Å². The van der Waals surface area contributed by atoms with Gasteiger partial charge in [0.25, 0.3) is 5.89 Å². The van der Waals surface area contributed by atoms with Crippen molar-refractivity contribution in [3.8, 4) is 10.8 Å². The molecule has 3 rings (SSSR count). The van der Waals surface area contributed by atoms with Crippen LogP contribution in [0.1, 0.15) is 36.1 Å². The zero-order valence-corrected chi connectivity index (χ0v) is 15.8. The number of benzene rings is 1. The molecule has 2 aromatic heterocycles. The van der Waals surface area contributed by atoms with Gasteiger partial charge in [0.15, 0.2) is 0 Å². The number of carbonyl (C=O) groups excluding carboxylic acids is 1. The molecule has 0 saturated carbocycles. The third-order valence-corrected chi connectivity index (χ3v) is 5.03. The summed E-state index contributed by atoms with van der Waals surface area (Å²) in [7, 11) is 0. The van der Waals surface area contributed by atoms with Gasteiger partial charge in [-0.25, -0.2) is 4.79 Å². The van der Waals surface area contributed by atoms with Crippen molar-refractivity contribution in [1.29, 1.82) is 0 Å². The monoisotopic (exact) mass is 371 g/mol. The molecular formula is C19H21N3O3S. The van der Waals surface area contributed by atoms with E-state index in [1.807, 2.05) is 44.4 Å². The van der Waals surface area contributed by atoms with Gasteiger partial charge in [0, 0.05) is 6.42 Å². The SMILES string of the molecule is Cc1ccc(C)c([C@@H](C)NC(=O)CCn2nc(-c3cccs3)oc2=O)c1. The fraction of sp³-hybridized carbons (Fsp3) is 0.316. The van der Waals surface area contributed by atoms with Gasteiger partial charge in [0.2, 0.25) is 5.91 Å². The van der Waals surface area contributed by atoms with Crippen molar-refractivity contribution in [2.24, 2.45) is 0 Å². The molecule has 0 saturated heterocycles. The van der Waals surface area contributed by atoms with Crippen LogP contribution in [0.25, 0.3) is 10.8 Å². The van der Waals surface area contributed by atoms with Gasteiger partial charge in [-0.05, 0) is 43.3 Å². The molecular weight excluding hydrogens is 350 g/mol. The molecule has 1 aromatic carbocycles. The lowest BCUT2D eigenvalue weighted by atomic mass is 10.00. The highest BCUT2D eigenvalue weighted by Gasteiger charge is 2.15. The fourth-order valence-electron chi connectivity index (χ4n) is 2.77. The largest absolute Gasteiger partial charge is 0.437 e. The van der Waals surface area contributed by atoms with E-state index in [-0.39, 0.29) is 30.8 Å². The third kappa shape index (κ3) is 4.11. The van der Waals surface area contributed by atoms with Crippen LogP contribution in [0.5, 0.6) is 0 Å². The van der Waals surface area contributed by atoms with Crippen LogP contribution in [0.3, 0.4) is 0 Å². The number of aryl methyl sites for hydroxylation is 3. The Bertz CT molecular complexity index is 957. The molecule has 0 aliphatic heterocycles. The van der Waals surface area contributed by atoms with E-state index >= 15 is 0 Å². The molecule has 0 aliphatic carbocycles. The van der Waals surface area contributed by atoms with E-state index in [9.17, 15) is 9.59 Å². The van der Waals surface area contributed by atoms with Crippen molar-refractivity contribution < 1.29 is 9.21 Å². The second-order valence-corrected chi connectivity index (χ2v) is 7.22. The molecule has 136 valence electrons. The Morgan fingerprint density at radius 3 is 2.88 bits per heavy atom. The van der Waals surface area contributed by atoms with E-state index in [2.05, 4.69) is 22.5 Å². The number of carbonyl (C=O) groups is 1. The van der Waals surface area contributed by atoms with Crippen LogP contribution in [0, 0.1) is 13.8 Å². The Morgan fingerprint density at radius 1 is 1.35 bits per heavy atom. The third-order valence-electron chi connectivity index (χ3n) is 4.17. The first-order valence-corrected chi connectivity index (χ1v) is 9.30. The Balaban J connectivity index is 1.61. The molecule has 0 aliphatic rings. The smallest absolute Gasteiger partial charge is 0.387 e. The maximum atomic E-state index is 12.3. The van der Waals surface area contributed by atoms with Gasteiger partial charge < -0.3 is 9.73 Å².